The Kier molecular flexibility index (Phi) is 3.95. The van der Waals surface area contributed by atoms with Gasteiger partial charge in [0.05, 0.1) is 35.1 Å². The number of piperidine rings is 1. The monoisotopic (exact) mass is 352 g/mol. The van der Waals surface area contributed by atoms with Gasteiger partial charge in [-0.05, 0) is 30.7 Å². The van der Waals surface area contributed by atoms with Crippen molar-refractivity contribution in [3.63, 3.8) is 0 Å². The second-order valence-electron chi connectivity index (χ2n) is 6.58. The molecule has 2 atom stereocenters. The van der Waals surface area contributed by atoms with E-state index in [-0.39, 0.29) is 23.9 Å². The van der Waals surface area contributed by atoms with Crippen molar-refractivity contribution in [3.05, 3.63) is 48.0 Å². The van der Waals surface area contributed by atoms with Gasteiger partial charge in [0, 0.05) is 32.3 Å². The Labute approximate surface area is 150 Å². The van der Waals surface area contributed by atoms with Crippen LogP contribution in [0.1, 0.15) is 34.9 Å². The highest BCUT2D eigenvalue weighted by Crippen LogP contribution is 2.30. The summed E-state index contributed by atoms with van der Waals surface area (Å²) in [6.45, 7) is 0. The van der Waals surface area contributed by atoms with Crippen LogP contribution >= 0.6 is 0 Å². The largest absolute Gasteiger partial charge is 0.347 e. The smallest absolute Gasteiger partial charge is 0.251 e. The number of fused-ring (bicyclic) bond motifs is 1. The van der Waals surface area contributed by atoms with Gasteiger partial charge in [0.25, 0.3) is 5.91 Å². The normalized spacial score (nSPS) is 20.5. The third-order valence-corrected chi connectivity index (χ3v) is 5.02. The Morgan fingerprint density at radius 3 is 2.92 bits per heavy atom. The minimum Gasteiger partial charge on any atom is -0.347 e. The lowest BCUT2D eigenvalue weighted by atomic mass is 9.93. The molecular weight excluding hydrogens is 332 g/mol. The molecule has 1 aromatic carbocycles. The number of nitrogens with one attached hydrogen (secondary N) is 2. The molecule has 2 amide bonds. The van der Waals surface area contributed by atoms with Gasteiger partial charge in [-0.3, -0.25) is 14.3 Å². The van der Waals surface area contributed by atoms with Gasteiger partial charge in [-0.25, -0.2) is 4.98 Å². The van der Waals surface area contributed by atoms with Crippen LogP contribution in [0.25, 0.3) is 11.0 Å². The summed E-state index contributed by atoms with van der Waals surface area (Å²) in [6, 6.07) is 6.82. The molecule has 2 N–H and O–H groups in total. The van der Waals surface area contributed by atoms with Crippen LogP contribution in [0.3, 0.4) is 0 Å². The molecule has 0 unspecified atom stereocenters. The average Bonchev–Trinajstić information content (AvgIpc) is 3.26. The molecule has 0 aliphatic carbocycles. The van der Waals surface area contributed by atoms with Gasteiger partial charge in [0.2, 0.25) is 5.91 Å². The number of likely N-dealkylation sites (N-methyl/N-ethyl adjacent to an activating group) is 1. The number of aromatic nitrogens is 4. The fourth-order valence-corrected chi connectivity index (χ4v) is 3.60. The van der Waals surface area contributed by atoms with Crippen LogP contribution in [0.4, 0.5) is 0 Å². The molecule has 3 heterocycles. The molecule has 0 bridgehead atoms. The standard InChI is InChI=1S/C18H20N6O2/c1-23-16(25)6-5-13(17(23)15-7-8-21-24(15)2)22-18(26)11-3-4-12-14(9-11)20-10-19-12/h3-4,7-10,13,17H,5-6H2,1-2H3,(H,19,20)(H,22,26)/t13-,17-/m1/s1. The molecule has 8 heteroatoms. The Morgan fingerprint density at radius 1 is 1.31 bits per heavy atom. The lowest BCUT2D eigenvalue weighted by molar-refractivity contribution is -0.136. The molecule has 1 aliphatic rings. The maximum atomic E-state index is 12.8. The first kappa shape index (κ1) is 16.3. The highest BCUT2D eigenvalue weighted by atomic mass is 16.2. The van der Waals surface area contributed by atoms with E-state index in [0.717, 1.165) is 16.7 Å². The maximum absolute atomic E-state index is 12.8. The molecule has 8 nitrogen and oxygen atoms in total. The van der Waals surface area contributed by atoms with Crippen molar-refractivity contribution in [2.75, 3.05) is 7.05 Å². The third kappa shape index (κ3) is 2.73. The molecule has 3 aromatic rings. The number of aromatic amines is 1. The third-order valence-electron chi connectivity index (χ3n) is 5.02. The van der Waals surface area contributed by atoms with Crippen LogP contribution in [0.2, 0.25) is 0 Å². The summed E-state index contributed by atoms with van der Waals surface area (Å²) in [5.41, 5.74) is 3.09. The van der Waals surface area contributed by atoms with Gasteiger partial charge >= 0.3 is 0 Å². The summed E-state index contributed by atoms with van der Waals surface area (Å²) < 4.78 is 1.75. The minimum atomic E-state index is -0.247. The predicted molar refractivity (Wildman–Crippen MR) is 95.3 cm³/mol. The number of aryl methyl sites for hydroxylation is 1. The van der Waals surface area contributed by atoms with E-state index < -0.39 is 0 Å². The Bertz CT molecular complexity index is 975. The second-order valence-corrected chi connectivity index (χ2v) is 6.58. The zero-order valence-electron chi connectivity index (χ0n) is 14.6. The van der Waals surface area contributed by atoms with E-state index in [1.165, 1.54) is 0 Å². The lowest BCUT2D eigenvalue weighted by Crippen LogP contribution is -2.51. The fraction of sp³-hybridized carbons (Fsp3) is 0.333. The maximum Gasteiger partial charge on any atom is 0.251 e. The summed E-state index contributed by atoms with van der Waals surface area (Å²) in [6.07, 6.45) is 4.31. The minimum absolute atomic E-state index is 0.0700. The molecule has 0 spiro atoms. The van der Waals surface area contributed by atoms with E-state index in [4.69, 9.17) is 0 Å². The van der Waals surface area contributed by atoms with Crippen molar-refractivity contribution < 1.29 is 9.59 Å². The van der Waals surface area contributed by atoms with Crippen molar-refractivity contribution in [1.29, 1.82) is 0 Å². The summed E-state index contributed by atoms with van der Waals surface area (Å²) in [7, 11) is 3.61. The van der Waals surface area contributed by atoms with Gasteiger partial charge in [-0.15, -0.1) is 0 Å². The van der Waals surface area contributed by atoms with E-state index in [1.807, 2.05) is 19.2 Å². The van der Waals surface area contributed by atoms with Crippen LogP contribution in [0.15, 0.2) is 36.8 Å². The van der Waals surface area contributed by atoms with Crippen LogP contribution in [-0.2, 0) is 11.8 Å². The molecular formula is C18H20N6O2. The first-order valence-corrected chi connectivity index (χ1v) is 8.52. The van der Waals surface area contributed by atoms with E-state index in [1.54, 1.807) is 41.3 Å². The number of likely N-dealkylation sites (tertiary alicyclic amines) is 1. The summed E-state index contributed by atoms with van der Waals surface area (Å²) in [5, 5.41) is 7.31. The molecule has 2 aromatic heterocycles. The molecule has 0 radical (unpaired) electrons. The fourth-order valence-electron chi connectivity index (χ4n) is 3.60. The number of hydrogen-bond acceptors (Lipinski definition) is 4. The number of H-pyrrole nitrogens is 1. The predicted octanol–water partition coefficient (Wildman–Crippen LogP) is 1.39. The van der Waals surface area contributed by atoms with Crippen molar-refractivity contribution >= 4 is 22.8 Å². The second kappa shape index (κ2) is 6.29. The van der Waals surface area contributed by atoms with Gasteiger partial charge in [0.15, 0.2) is 0 Å². The molecule has 1 fully saturated rings. The van der Waals surface area contributed by atoms with Crippen LogP contribution in [-0.4, -0.2) is 49.6 Å². The molecule has 26 heavy (non-hydrogen) atoms. The van der Waals surface area contributed by atoms with E-state index in [0.29, 0.717) is 18.4 Å². The van der Waals surface area contributed by atoms with Crippen LogP contribution in [0.5, 0.6) is 0 Å². The molecule has 0 saturated carbocycles. The molecule has 1 aliphatic heterocycles. The van der Waals surface area contributed by atoms with Crippen molar-refractivity contribution in [2.24, 2.45) is 7.05 Å². The van der Waals surface area contributed by atoms with E-state index in [9.17, 15) is 9.59 Å². The number of amides is 2. The number of carbonyl (C=O) groups excluding carboxylic acids is 2. The van der Waals surface area contributed by atoms with Crippen molar-refractivity contribution in [3.8, 4) is 0 Å². The van der Waals surface area contributed by atoms with Gasteiger partial charge < -0.3 is 15.2 Å². The summed E-state index contributed by atoms with van der Waals surface area (Å²) in [5.74, 6) is -0.0954. The summed E-state index contributed by atoms with van der Waals surface area (Å²) >= 11 is 0. The Balaban J connectivity index is 1.61. The van der Waals surface area contributed by atoms with Gasteiger partial charge in [-0.1, -0.05) is 0 Å². The summed E-state index contributed by atoms with van der Waals surface area (Å²) in [4.78, 5) is 33.9. The first-order valence-electron chi connectivity index (χ1n) is 8.52. The quantitative estimate of drug-likeness (QED) is 0.744. The topological polar surface area (TPSA) is 95.9 Å². The zero-order chi connectivity index (χ0) is 18.3. The SMILES string of the molecule is CN1C(=O)CC[C@@H](NC(=O)c2ccc3nc[nH]c3c2)[C@@H]1c1ccnn1C. The first-order chi connectivity index (χ1) is 12.5. The lowest BCUT2D eigenvalue weighted by Gasteiger charge is -2.39. The Morgan fingerprint density at radius 2 is 2.15 bits per heavy atom. The molecule has 1 saturated heterocycles. The van der Waals surface area contributed by atoms with E-state index in [2.05, 4.69) is 20.4 Å². The van der Waals surface area contributed by atoms with E-state index >= 15 is 0 Å². The number of hydrogen-bond donors (Lipinski definition) is 2. The number of carbonyl (C=O) groups is 2. The zero-order valence-corrected chi connectivity index (χ0v) is 14.6. The molecule has 4 rings (SSSR count). The van der Waals surface area contributed by atoms with Crippen LogP contribution < -0.4 is 5.32 Å². The highest BCUT2D eigenvalue weighted by molar-refractivity contribution is 5.97. The van der Waals surface area contributed by atoms with Crippen molar-refractivity contribution in [2.45, 2.75) is 24.9 Å². The average molecular weight is 352 g/mol. The number of rotatable bonds is 3. The number of imidazole rings is 1. The van der Waals surface area contributed by atoms with Gasteiger partial charge in [-0.2, -0.15) is 5.10 Å². The van der Waals surface area contributed by atoms with Crippen LogP contribution in [0, 0.1) is 0 Å². The van der Waals surface area contributed by atoms with Gasteiger partial charge in [0.1, 0.15) is 0 Å². The highest BCUT2D eigenvalue weighted by Gasteiger charge is 2.37. The number of benzene rings is 1. The number of nitrogens with zero attached hydrogens (tertiary/aromatic N) is 4. The van der Waals surface area contributed by atoms with Crippen molar-refractivity contribution in [1.82, 2.24) is 30.0 Å². The Hall–Kier alpha value is -3.16. The molecule has 134 valence electrons.